The van der Waals surface area contributed by atoms with Crippen LogP contribution in [0.25, 0.3) is 0 Å². The summed E-state index contributed by atoms with van der Waals surface area (Å²) in [5, 5.41) is 10.9. The van der Waals surface area contributed by atoms with E-state index in [1.54, 1.807) is 6.92 Å². The second-order valence-electron chi connectivity index (χ2n) is 2.97. The minimum Gasteiger partial charge on any atom is -0.450 e. The van der Waals surface area contributed by atoms with Crippen molar-refractivity contribution in [2.75, 3.05) is 17.7 Å². The van der Waals surface area contributed by atoms with Crippen molar-refractivity contribution in [3.05, 3.63) is 18.2 Å². The maximum absolute atomic E-state index is 11.1. The number of carbonyl (C=O) groups excluding carboxylic acids is 1. The minimum atomic E-state index is -1.48. The Morgan fingerprint density at radius 3 is 2.76 bits per heavy atom. The molecule has 0 atom stereocenters. The van der Waals surface area contributed by atoms with Crippen LogP contribution in [0.3, 0.4) is 0 Å². The number of nitrogen functional groups attached to an aromatic ring is 1. The van der Waals surface area contributed by atoms with Gasteiger partial charge in [-0.3, -0.25) is 5.32 Å². The summed E-state index contributed by atoms with van der Waals surface area (Å²) < 4.78 is 9.09. The lowest BCUT2D eigenvalue weighted by Crippen LogP contribution is -2.13. The molecule has 0 unspecified atom stereocenters. The first kappa shape index (κ1) is 12.6. The van der Waals surface area contributed by atoms with E-state index in [1.807, 2.05) is 0 Å². The van der Waals surface area contributed by atoms with Crippen LogP contribution in [0.4, 0.5) is 21.0 Å². The molecule has 0 heterocycles. The van der Waals surface area contributed by atoms with Crippen LogP contribution in [-0.2, 0) is 4.74 Å². The summed E-state index contributed by atoms with van der Waals surface area (Å²) in [7, 11) is 0. The summed E-state index contributed by atoms with van der Waals surface area (Å²) in [6.45, 7) is 1.90. The van der Waals surface area contributed by atoms with E-state index in [-0.39, 0.29) is 18.0 Å². The zero-order valence-corrected chi connectivity index (χ0v) is 9.10. The molecule has 1 rings (SSSR count). The number of nitrogens with one attached hydrogen (secondary N) is 1. The average Bonchev–Trinajstić information content (AvgIpc) is 2.22. The largest absolute Gasteiger partial charge is 0.511 e. The highest BCUT2D eigenvalue weighted by Gasteiger charge is 2.08. The van der Waals surface area contributed by atoms with Crippen molar-refractivity contribution in [2.45, 2.75) is 6.92 Å². The van der Waals surface area contributed by atoms with Gasteiger partial charge in [0.15, 0.2) is 5.75 Å². The molecule has 0 aliphatic heterocycles. The third-order valence-electron chi connectivity index (χ3n) is 1.73. The van der Waals surface area contributed by atoms with Crippen LogP contribution in [0, 0.1) is 0 Å². The maximum atomic E-state index is 11.1. The number of hydrogen-bond acceptors (Lipinski definition) is 5. The van der Waals surface area contributed by atoms with Gasteiger partial charge in [0, 0.05) is 11.8 Å². The fourth-order valence-corrected chi connectivity index (χ4v) is 1.08. The summed E-state index contributed by atoms with van der Waals surface area (Å²) >= 11 is 0. The normalized spacial score (nSPS) is 9.47. The quantitative estimate of drug-likeness (QED) is 0.422. The smallest absolute Gasteiger partial charge is 0.450 e. The molecule has 1 aromatic carbocycles. The Kier molecular flexibility index (Phi) is 4.15. The zero-order valence-electron chi connectivity index (χ0n) is 9.10. The van der Waals surface area contributed by atoms with Crippen LogP contribution in [-0.4, -0.2) is 24.0 Å². The van der Waals surface area contributed by atoms with Gasteiger partial charge in [0.05, 0.1) is 12.3 Å². The monoisotopic (exact) mass is 240 g/mol. The highest BCUT2D eigenvalue weighted by Crippen LogP contribution is 2.25. The second-order valence-corrected chi connectivity index (χ2v) is 2.97. The molecule has 0 saturated heterocycles. The van der Waals surface area contributed by atoms with Gasteiger partial charge in [-0.1, -0.05) is 0 Å². The van der Waals surface area contributed by atoms with Crippen molar-refractivity contribution in [1.82, 2.24) is 0 Å². The van der Waals surface area contributed by atoms with Crippen LogP contribution in [0.1, 0.15) is 6.92 Å². The molecule has 0 saturated carbocycles. The van der Waals surface area contributed by atoms with E-state index in [2.05, 4.69) is 14.8 Å². The molecule has 0 spiro atoms. The summed E-state index contributed by atoms with van der Waals surface area (Å²) in [5.41, 5.74) is 5.98. The highest BCUT2D eigenvalue weighted by molar-refractivity contribution is 5.85. The van der Waals surface area contributed by atoms with E-state index in [4.69, 9.17) is 10.8 Å². The number of rotatable bonds is 3. The standard InChI is InChI=1S/C10H12N2O5/c1-2-16-9(13)12-6-3-4-7(11)8(5-6)17-10(14)15/h3-5H,2,11H2,1H3,(H,12,13)(H,14,15). The van der Waals surface area contributed by atoms with E-state index in [0.717, 1.165) is 0 Å². The fourth-order valence-electron chi connectivity index (χ4n) is 1.08. The molecule has 0 aliphatic carbocycles. The van der Waals surface area contributed by atoms with Gasteiger partial charge in [-0.25, -0.2) is 9.59 Å². The SMILES string of the molecule is CCOC(=O)Nc1ccc(N)c(OC(=O)O)c1. The summed E-state index contributed by atoms with van der Waals surface area (Å²) in [4.78, 5) is 21.5. The van der Waals surface area contributed by atoms with Crippen molar-refractivity contribution >= 4 is 23.6 Å². The predicted octanol–water partition coefficient (Wildman–Crippen LogP) is 1.89. The van der Waals surface area contributed by atoms with Gasteiger partial charge in [-0.2, -0.15) is 0 Å². The number of benzene rings is 1. The summed E-state index contributed by atoms with van der Waals surface area (Å²) in [6.07, 6.45) is -2.12. The molecule has 0 aliphatic rings. The van der Waals surface area contributed by atoms with Crippen molar-refractivity contribution < 1.29 is 24.2 Å². The molecule has 0 radical (unpaired) electrons. The first-order valence-corrected chi connectivity index (χ1v) is 4.77. The van der Waals surface area contributed by atoms with Gasteiger partial charge < -0.3 is 20.3 Å². The second kappa shape index (κ2) is 5.59. The van der Waals surface area contributed by atoms with E-state index >= 15 is 0 Å². The Morgan fingerprint density at radius 2 is 2.18 bits per heavy atom. The third kappa shape index (κ3) is 3.90. The number of ether oxygens (including phenoxy) is 2. The number of nitrogens with two attached hydrogens (primary N) is 1. The lowest BCUT2D eigenvalue weighted by Gasteiger charge is -2.08. The first-order valence-electron chi connectivity index (χ1n) is 4.77. The Morgan fingerprint density at radius 1 is 1.47 bits per heavy atom. The van der Waals surface area contributed by atoms with Gasteiger partial charge in [0.25, 0.3) is 0 Å². The topological polar surface area (TPSA) is 111 Å². The van der Waals surface area contributed by atoms with Crippen LogP contribution in [0.2, 0.25) is 0 Å². The maximum Gasteiger partial charge on any atom is 0.511 e. The molecular weight excluding hydrogens is 228 g/mol. The predicted molar refractivity (Wildman–Crippen MR) is 60.2 cm³/mol. The molecule has 17 heavy (non-hydrogen) atoms. The number of carbonyl (C=O) groups is 2. The Labute approximate surface area is 97.1 Å². The zero-order chi connectivity index (χ0) is 12.8. The van der Waals surface area contributed by atoms with E-state index < -0.39 is 12.2 Å². The Balaban J connectivity index is 2.81. The highest BCUT2D eigenvalue weighted by atomic mass is 16.7. The first-order chi connectivity index (χ1) is 8.02. The van der Waals surface area contributed by atoms with Crippen molar-refractivity contribution in [3.8, 4) is 5.75 Å². The Bertz CT molecular complexity index is 433. The van der Waals surface area contributed by atoms with Gasteiger partial charge >= 0.3 is 12.2 Å². The molecule has 0 aromatic heterocycles. The van der Waals surface area contributed by atoms with Gasteiger partial charge in [0.1, 0.15) is 0 Å². The minimum absolute atomic E-state index is 0.0493. The Hall–Kier alpha value is -2.44. The summed E-state index contributed by atoms with van der Waals surface area (Å²) in [6, 6.07) is 4.21. The number of anilines is 2. The van der Waals surface area contributed by atoms with Crippen LogP contribution in [0.15, 0.2) is 18.2 Å². The molecule has 0 fully saturated rings. The number of carboxylic acid groups (broad SMARTS) is 1. The molecule has 4 N–H and O–H groups in total. The fraction of sp³-hybridized carbons (Fsp3) is 0.200. The molecule has 0 bridgehead atoms. The number of amides is 1. The van der Waals surface area contributed by atoms with Crippen molar-refractivity contribution in [3.63, 3.8) is 0 Å². The third-order valence-corrected chi connectivity index (χ3v) is 1.73. The van der Waals surface area contributed by atoms with Gasteiger partial charge in [0.2, 0.25) is 0 Å². The van der Waals surface area contributed by atoms with Gasteiger partial charge in [-0.15, -0.1) is 0 Å². The van der Waals surface area contributed by atoms with E-state index in [0.29, 0.717) is 5.69 Å². The lowest BCUT2D eigenvalue weighted by atomic mass is 10.2. The van der Waals surface area contributed by atoms with Crippen LogP contribution < -0.4 is 15.8 Å². The molecule has 92 valence electrons. The molecule has 7 heteroatoms. The molecule has 1 amide bonds. The molecule has 1 aromatic rings. The van der Waals surface area contributed by atoms with Crippen molar-refractivity contribution in [2.24, 2.45) is 0 Å². The van der Waals surface area contributed by atoms with Crippen LogP contribution in [0.5, 0.6) is 5.75 Å². The average molecular weight is 240 g/mol. The van der Waals surface area contributed by atoms with E-state index in [9.17, 15) is 9.59 Å². The lowest BCUT2D eigenvalue weighted by molar-refractivity contribution is 0.144. The van der Waals surface area contributed by atoms with E-state index in [1.165, 1.54) is 18.2 Å². The summed E-state index contributed by atoms with van der Waals surface area (Å²) in [5.74, 6) is -0.0493. The number of hydrogen-bond donors (Lipinski definition) is 3. The van der Waals surface area contributed by atoms with Gasteiger partial charge in [-0.05, 0) is 19.1 Å². The molecular formula is C10H12N2O5. The molecule has 7 nitrogen and oxygen atoms in total. The van der Waals surface area contributed by atoms with Crippen LogP contribution >= 0.6 is 0 Å². The van der Waals surface area contributed by atoms with Crippen molar-refractivity contribution in [1.29, 1.82) is 0 Å².